The van der Waals surface area contributed by atoms with Crippen molar-refractivity contribution < 1.29 is 13.2 Å². The highest BCUT2D eigenvalue weighted by molar-refractivity contribution is 5.97. The van der Waals surface area contributed by atoms with E-state index in [1.54, 1.807) is 0 Å². The van der Waals surface area contributed by atoms with Crippen LogP contribution in [0.15, 0.2) is 59.6 Å². The Morgan fingerprint density at radius 2 is 1.70 bits per heavy atom. The molecule has 0 aliphatic heterocycles. The number of amidine groups is 1. The van der Waals surface area contributed by atoms with Crippen molar-refractivity contribution in [2.45, 2.75) is 12.7 Å². The average molecular weight is 278 g/mol. The molecule has 0 atom stereocenters. The maximum Gasteiger partial charge on any atom is 0.416 e. The average Bonchev–Trinajstić information content (AvgIpc) is 2.45. The van der Waals surface area contributed by atoms with Crippen LogP contribution in [-0.2, 0) is 12.7 Å². The molecule has 2 N–H and O–H groups in total. The maximum absolute atomic E-state index is 12.6. The van der Waals surface area contributed by atoms with Gasteiger partial charge in [-0.2, -0.15) is 13.2 Å². The monoisotopic (exact) mass is 278 g/mol. The van der Waals surface area contributed by atoms with Crippen molar-refractivity contribution in [2.24, 2.45) is 10.7 Å². The van der Waals surface area contributed by atoms with E-state index in [9.17, 15) is 13.2 Å². The molecule has 0 bridgehead atoms. The minimum atomic E-state index is -4.38. The molecule has 0 aromatic heterocycles. The number of alkyl halides is 3. The molecule has 0 aliphatic carbocycles. The van der Waals surface area contributed by atoms with Crippen LogP contribution in [0.5, 0.6) is 0 Å². The SMILES string of the molecule is NC(=NCc1ccccc1)c1cccc(C(F)(F)F)c1. The lowest BCUT2D eigenvalue weighted by Crippen LogP contribution is -2.15. The molecule has 0 heterocycles. The van der Waals surface area contributed by atoms with E-state index < -0.39 is 11.7 Å². The normalized spacial score (nSPS) is 12.4. The van der Waals surface area contributed by atoms with E-state index in [2.05, 4.69) is 4.99 Å². The zero-order chi connectivity index (χ0) is 14.6. The summed E-state index contributed by atoms with van der Waals surface area (Å²) in [6.07, 6.45) is -4.38. The van der Waals surface area contributed by atoms with Crippen molar-refractivity contribution in [2.75, 3.05) is 0 Å². The molecule has 20 heavy (non-hydrogen) atoms. The molecule has 0 spiro atoms. The van der Waals surface area contributed by atoms with Crippen LogP contribution in [-0.4, -0.2) is 5.84 Å². The van der Waals surface area contributed by atoms with Crippen molar-refractivity contribution >= 4 is 5.84 Å². The molecule has 0 saturated carbocycles. The molecular formula is C15H13F3N2. The van der Waals surface area contributed by atoms with Gasteiger partial charge in [0.05, 0.1) is 12.1 Å². The third-order valence-electron chi connectivity index (χ3n) is 2.76. The Labute approximate surface area is 114 Å². The van der Waals surface area contributed by atoms with Crippen LogP contribution in [0, 0.1) is 0 Å². The van der Waals surface area contributed by atoms with Gasteiger partial charge in [0.25, 0.3) is 0 Å². The summed E-state index contributed by atoms with van der Waals surface area (Å²) >= 11 is 0. The quantitative estimate of drug-likeness (QED) is 0.676. The third kappa shape index (κ3) is 3.60. The Morgan fingerprint density at radius 1 is 1.00 bits per heavy atom. The van der Waals surface area contributed by atoms with Crippen molar-refractivity contribution in [3.8, 4) is 0 Å². The summed E-state index contributed by atoms with van der Waals surface area (Å²) in [5.41, 5.74) is 6.23. The molecule has 0 unspecified atom stereocenters. The number of benzene rings is 2. The molecule has 104 valence electrons. The summed E-state index contributed by atoms with van der Waals surface area (Å²) in [6.45, 7) is 0.336. The number of nitrogens with zero attached hydrogens (tertiary/aromatic N) is 1. The number of halogens is 3. The second kappa shape index (κ2) is 5.77. The van der Waals surface area contributed by atoms with Gasteiger partial charge in [0, 0.05) is 5.56 Å². The van der Waals surface area contributed by atoms with Gasteiger partial charge >= 0.3 is 6.18 Å². The maximum atomic E-state index is 12.6. The molecule has 2 aromatic rings. The largest absolute Gasteiger partial charge is 0.416 e. The second-order valence-electron chi connectivity index (χ2n) is 4.27. The van der Waals surface area contributed by atoms with E-state index in [0.29, 0.717) is 6.54 Å². The van der Waals surface area contributed by atoms with Crippen molar-refractivity contribution in [3.63, 3.8) is 0 Å². The van der Waals surface area contributed by atoms with Gasteiger partial charge in [-0.15, -0.1) is 0 Å². The van der Waals surface area contributed by atoms with Crippen LogP contribution in [0.4, 0.5) is 13.2 Å². The fraction of sp³-hybridized carbons (Fsp3) is 0.133. The van der Waals surface area contributed by atoms with Gasteiger partial charge in [0.2, 0.25) is 0 Å². The standard InChI is InChI=1S/C15H13F3N2/c16-15(17,18)13-8-4-7-12(9-13)14(19)20-10-11-5-2-1-3-6-11/h1-9H,10H2,(H2,19,20). The fourth-order valence-corrected chi connectivity index (χ4v) is 1.71. The highest BCUT2D eigenvalue weighted by Crippen LogP contribution is 2.29. The summed E-state index contributed by atoms with van der Waals surface area (Å²) in [5, 5.41) is 0. The first kappa shape index (κ1) is 14.1. The Balaban J connectivity index is 2.19. The van der Waals surface area contributed by atoms with Crippen LogP contribution in [0.3, 0.4) is 0 Å². The molecule has 2 nitrogen and oxygen atoms in total. The molecule has 0 saturated heterocycles. The molecule has 0 aliphatic rings. The predicted octanol–water partition coefficient (Wildman–Crippen LogP) is 3.61. The van der Waals surface area contributed by atoms with Gasteiger partial charge in [0.1, 0.15) is 5.84 Å². The second-order valence-corrected chi connectivity index (χ2v) is 4.27. The first-order valence-electron chi connectivity index (χ1n) is 5.98. The highest BCUT2D eigenvalue weighted by atomic mass is 19.4. The van der Waals surface area contributed by atoms with Crippen LogP contribution in [0.25, 0.3) is 0 Å². The van der Waals surface area contributed by atoms with Crippen LogP contribution < -0.4 is 5.73 Å². The molecule has 2 aromatic carbocycles. The summed E-state index contributed by atoms with van der Waals surface area (Å²) in [6, 6.07) is 14.2. The van der Waals surface area contributed by atoms with Gasteiger partial charge in [-0.05, 0) is 17.7 Å². The van der Waals surface area contributed by atoms with E-state index in [1.165, 1.54) is 12.1 Å². The Bertz CT molecular complexity index is 604. The van der Waals surface area contributed by atoms with E-state index in [4.69, 9.17) is 5.73 Å². The minimum Gasteiger partial charge on any atom is -0.383 e. The Kier molecular flexibility index (Phi) is 4.08. The summed E-state index contributed by atoms with van der Waals surface area (Å²) in [5.74, 6) is 0.0972. The van der Waals surface area contributed by atoms with Crippen molar-refractivity contribution in [1.29, 1.82) is 0 Å². The number of hydrogen-bond donors (Lipinski definition) is 1. The third-order valence-corrected chi connectivity index (χ3v) is 2.76. The Hall–Kier alpha value is -2.30. The fourth-order valence-electron chi connectivity index (χ4n) is 1.71. The molecular weight excluding hydrogens is 265 g/mol. The first-order chi connectivity index (χ1) is 9.47. The topological polar surface area (TPSA) is 38.4 Å². The molecule has 0 amide bonds. The van der Waals surface area contributed by atoms with Crippen LogP contribution in [0.2, 0.25) is 0 Å². The smallest absolute Gasteiger partial charge is 0.383 e. The number of nitrogens with two attached hydrogens (primary N) is 1. The van der Waals surface area contributed by atoms with Gasteiger partial charge < -0.3 is 5.73 Å². The van der Waals surface area contributed by atoms with Crippen LogP contribution in [0.1, 0.15) is 16.7 Å². The molecule has 0 fully saturated rings. The van der Waals surface area contributed by atoms with Crippen molar-refractivity contribution in [1.82, 2.24) is 0 Å². The van der Waals surface area contributed by atoms with E-state index in [-0.39, 0.29) is 11.4 Å². The van der Waals surface area contributed by atoms with Crippen LogP contribution >= 0.6 is 0 Å². The lowest BCUT2D eigenvalue weighted by Gasteiger charge is -2.08. The van der Waals surface area contributed by atoms with E-state index >= 15 is 0 Å². The molecule has 5 heteroatoms. The minimum absolute atomic E-state index is 0.0972. The van der Waals surface area contributed by atoms with E-state index in [1.807, 2.05) is 30.3 Å². The van der Waals surface area contributed by atoms with Gasteiger partial charge in [-0.3, -0.25) is 4.99 Å². The lowest BCUT2D eigenvalue weighted by molar-refractivity contribution is -0.137. The first-order valence-corrected chi connectivity index (χ1v) is 5.98. The zero-order valence-electron chi connectivity index (χ0n) is 10.6. The van der Waals surface area contributed by atoms with Gasteiger partial charge in [-0.1, -0.05) is 42.5 Å². The van der Waals surface area contributed by atoms with Gasteiger partial charge in [-0.25, -0.2) is 0 Å². The summed E-state index contributed by atoms with van der Waals surface area (Å²) in [7, 11) is 0. The number of aliphatic imine (C=N–C) groups is 1. The van der Waals surface area contributed by atoms with E-state index in [0.717, 1.165) is 17.7 Å². The number of hydrogen-bond acceptors (Lipinski definition) is 1. The van der Waals surface area contributed by atoms with Crippen molar-refractivity contribution in [3.05, 3.63) is 71.3 Å². The highest BCUT2D eigenvalue weighted by Gasteiger charge is 2.30. The lowest BCUT2D eigenvalue weighted by atomic mass is 10.1. The summed E-state index contributed by atoms with van der Waals surface area (Å²) in [4.78, 5) is 4.11. The zero-order valence-corrected chi connectivity index (χ0v) is 10.6. The summed E-state index contributed by atoms with van der Waals surface area (Å²) < 4.78 is 37.8. The molecule has 2 rings (SSSR count). The molecule has 0 radical (unpaired) electrons. The predicted molar refractivity (Wildman–Crippen MR) is 72.3 cm³/mol. The number of rotatable bonds is 3. The Morgan fingerprint density at radius 3 is 2.35 bits per heavy atom. The van der Waals surface area contributed by atoms with Gasteiger partial charge in [0.15, 0.2) is 0 Å².